The van der Waals surface area contributed by atoms with Crippen molar-refractivity contribution in [3.05, 3.63) is 30.1 Å². The number of hydrogen-bond donors (Lipinski definition) is 4. The molecule has 9 nitrogen and oxygen atoms in total. The van der Waals surface area contributed by atoms with Gasteiger partial charge in [0.2, 0.25) is 5.91 Å². The Morgan fingerprint density at radius 1 is 1.53 bits per heavy atom. The van der Waals surface area contributed by atoms with Crippen LogP contribution in [-0.2, 0) is 20.7 Å². The summed E-state index contributed by atoms with van der Waals surface area (Å²) in [6.07, 6.45) is 3.76. The average Bonchev–Trinajstić information content (AvgIpc) is 2.71. The summed E-state index contributed by atoms with van der Waals surface area (Å²) in [5.41, 5.74) is 9.76. The van der Waals surface area contributed by atoms with Crippen LogP contribution in [0.15, 0.2) is 24.5 Å². The lowest BCUT2D eigenvalue weighted by molar-refractivity contribution is -0.154. The van der Waals surface area contributed by atoms with Crippen LogP contribution < -0.4 is 16.5 Å². The number of carbonyl (C=O) groups is 2. The van der Waals surface area contributed by atoms with Crippen LogP contribution in [0.4, 0.5) is 0 Å². The molecule has 0 bridgehead atoms. The van der Waals surface area contributed by atoms with Crippen LogP contribution in [0.5, 0.6) is 0 Å². The molecule has 4 atom stereocenters. The van der Waals surface area contributed by atoms with E-state index < -0.39 is 34.7 Å². The molecule has 2 unspecified atom stereocenters. The van der Waals surface area contributed by atoms with Crippen LogP contribution in [0.3, 0.4) is 0 Å². The maximum Gasteiger partial charge on any atom is 0.324 e. The van der Waals surface area contributed by atoms with Gasteiger partial charge >= 0.3 is 5.97 Å². The van der Waals surface area contributed by atoms with E-state index in [4.69, 9.17) is 33.7 Å². The lowest BCUT2D eigenvalue weighted by Gasteiger charge is -2.38. The highest BCUT2D eigenvalue weighted by Crippen LogP contribution is 2.20. The zero-order chi connectivity index (χ0) is 22.3. The van der Waals surface area contributed by atoms with Crippen LogP contribution in [0.1, 0.15) is 32.3 Å². The van der Waals surface area contributed by atoms with Gasteiger partial charge in [0.25, 0.3) is 0 Å². The fourth-order valence-electron chi connectivity index (χ4n) is 3.01. The summed E-state index contributed by atoms with van der Waals surface area (Å²) in [6.45, 7) is 3.54. The number of hydrazine groups is 1. The van der Waals surface area contributed by atoms with Gasteiger partial charge in [0, 0.05) is 18.9 Å². The molecule has 1 saturated heterocycles. The fourth-order valence-corrected chi connectivity index (χ4v) is 3.12. The average molecular weight is 462 g/mol. The highest BCUT2D eigenvalue weighted by molar-refractivity contribution is 6.48. The first-order valence-corrected chi connectivity index (χ1v) is 10.5. The minimum atomic E-state index is -1.17. The standard InChI is InChI=1S/C19H29Cl2N5O4/c1-12(24-16(27)14(22)9-13-5-3-7-23-10-13)17(28)26-8-4-6-15(25-26)18(29)30-11-19(2,20)21/h3,5,7,10,12,14-15,17,25,28H,4,6,8-9,11,22H2,1-2H3,(H,24,27)/t12-,14?,15-,17?/m0/s1. The number of alkyl halides is 2. The van der Waals surface area contributed by atoms with Gasteiger partial charge in [-0.1, -0.05) is 29.3 Å². The van der Waals surface area contributed by atoms with Crippen molar-refractivity contribution >= 4 is 35.1 Å². The monoisotopic (exact) mass is 461 g/mol. The first-order chi connectivity index (χ1) is 14.1. The van der Waals surface area contributed by atoms with E-state index in [1.54, 1.807) is 25.4 Å². The maximum atomic E-state index is 12.4. The molecule has 5 N–H and O–H groups in total. The number of amides is 1. The number of nitrogens with two attached hydrogens (primary N) is 1. The van der Waals surface area contributed by atoms with Crippen molar-refractivity contribution < 1.29 is 19.4 Å². The molecule has 0 spiro atoms. The molecule has 1 aromatic rings. The number of aliphatic hydroxyl groups is 1. The summed E-state index contributed by atoms with van der Waals surface area (Å²) in [6, 6.07) is 1.57. The predicted octanol–water partition coefficient (Wildman–Crippen LogP) is 0.481. The van der Waals surface area contributed by atoms with Crippen LogP contribution >= 0.6 is 23.2 Å². The summed E-state index contributed by atoms with van der Waals surface area (Å²) in [5, 5.41) is 14.9. The van der Waals surface area contributed by atoms with E-state index in [-0.39, 0.29) is 12.5 Å². The summed E-state index contributed by atoms with van der Waals surface area (Å²) in [5.74, 6) is -0.892. The second-order valence-corrected chi connectivity index (χ2v) is 9.44. The van der Waals surface area contributed by atoms with Crippen molar-refractivity contribution in [1.29, 1.82) is 0 Å². The van der Waals surface area contributed by atoms with Gasteiger partial charge in [-0.2, -0.15) is 0 Å². The Hall–Kier alpha value is -1.49. The number of ether oxygens (including phenoxy) is 1. The van der Waals surface area contributed by atoms with Gasteiger partial charge in [-0.25, -0.2) is 10.4 Å². The second-order valence-electron chi connectivity index (χ2n) is 7.58. The topological polar surface area (TPSA) is 130 Å². The van der Waals surface area contributed by atoms with E-state index in [0.29, 0.717) is 25.8 Å². The number of carbonyl (C=O) groups excluding carboxylic acids is 2. The predicted molar refractivity (Wildman–Crippen MR) is 113 cm³/mol. The molecule has 0 saturated carbocycles. The Morgan fingerprint density at radius 2 is 2.27 bits per heavy atom. The number of hydrogen-bond acceptors (Lipinski definition) is 8. The molecule has 11 heteroatoms. The molecule has 1 aromatic heterocycles. The smallest absolute Gasteiger partial charge is 0.324 e. The molecule has 2 heterocycles. The minimum Gasteiger partial charge on any atom is -0.461 e. The molecular weight excluding hydrogens is 433 g/mol. The van der Waals surface area contributed by atoms with Gasteiger partial charge in [-0.3, -0.25) is 14.6 Å². The van der Waals surface area contributed by atoms with E-state index in [9.17, 15) is 14.7 Å². The molecule has 1 fully saturated rings. The summed E-state index contributed by atoms with van der Waals surface area (Å²) in [7, 11) is 0. The van der Waals surface area contributed by atoms with Gasteiger partial charge in [-0.05, 0) is 44.7 Å². The Labute approximate surface area is 186 Å². The fraction of sp³-hybridized carbons (Fsp3) is 0.632. The van der Waals surface area contributed by atoms with Crippen molar-refractivity contribution in [1.82, 2.24) is 20.7 Å². The first kappa shape index (κ1) is 24.8. The Morgan fingerprint density at radius 3 is 2.90 bits per heavy atom. The van der Waals surface area contributed by atoms with Crippen LogP contribution in [0.25, 0.3) is 0 Å². The molecule has 1 aliphatic heterocycles. The molecule has 0 aliphatic carbocycles. The maximum absolute atomic E-state index is 12.4. The molecule has 0 radical (unpaired) electrons. The molecule has 1 aliphatic rings. The third-order valence-electron chi connectivity index (χ3n) is 4.62. The largest absolute Gasteiger partial charge is 0.461 e. The Kier molecular flexibility index (Phi) is 9.27. The molecule has 30 heavy (non-hydrogen) atoms. The van der Waals surface area contributed by atoms with Gasteiger partial charge in [0.05, 0.1) is 12.1 Å². The summed E-state index contributed by atoms with van der Waals surface area (Å²) >= 11 is 11.7. The van der Waals surface area contributed by atoms with Gasteiger partial charge in [0.15, 0.2) is 0 Å². The quantitative estimate of drug-likeness (QED) is 0.308. The SMILES string of the molecule is C[C@H](NC(=O)C(N)Cc1cccnc1)C(O)N1CCC[C@@H](C(=O)OCC(C)(Cl)Cl)N1. The Balaban J connectivity index is 1.84. The van der Waals surface area contributed by atoms with Crippen molar-refractivity contribution in [2.24, 2.45) is 5.73 Å². The first-order valence-electron chi connectivity index (χ1n) is 9.77. The second kappa shape index (κ2) is 11.2. The molecule has 0 aromatic carbocycles. The summed E-state index contributed by atoms with van der Waals surface area (Å²) < 4.78 is 3.95. The number of esters is 1. The van der Waals surface area contributed by atoms with Crippen LogP contribution in [0.2, 0.25) is 0 Å². The zero-order valence-corrected chi connectivity index (χ0v) is 18.6. The number of pyridine rings is 1. The normalized spacial score (nSPS) is 20.8. The highest BCUT2D eigenvalue weighted by Gasteiger charge is 2.33. The number of aliphatic hydroxyl groups excluding tert-OH is 1. The van der Waals surface area contributed by atoms with E-state index in [1.807, 2.05) is 6.07 Å². The lowest BCUT2D eigenvalue weighted by Crippen LogP contribution is -2.62. The van der Waals surface area contributed by atoms with Crippen molar-refractivity contribution in [3.63, 3.8) is 0 Å². The summed E-state index contributed by atoms with van der Waals surface area (Å²) in [4.78, 5) is 28.6. The molecular formula is C19H29Cl2N5O4. The number of rotatable bonds is 9. The van der Waals surface area contributed by atoms with Crippen molar-refractivity contribution in [2.45, 2.75) is 61.8 Å². The highest BCUT2D eigenvalue weighted by atomic mass is 35.5. The van der Waals surface area contributed by atoms with E-state index >= 15 is 0 Å². The molecule has 2 rings (SSSR count). The van der Waals surface area contributed by atoms with Crippen LogP contribution in [-0.4, -0.2) is 68.8 Å². The van der Waals surface area contributed by atoms with Gasteiger partial charge < -0.3 is 20.9 Å². The number of nitrogens with zero attached hydrogens (tertiary/aromatic N) is 2. The zero-order valence-electron chi connectivity index (χ0n) is 17.1. The van der Waals surface area contributed by atoms with Crippen molar-refractivity contribution in [3.8, 4) is 0 Å². The number of aromatic nitrogens is 1. The van der Waals surface area contributed by atoms with Crippen molar-refractivity contribution in [2.75, 3.05) is 13.2 Å². The third-order valence-corrected chi connectivity index (χ3v) is 4.84. The van der Waals surface area contributed by atoms with Gasteiger partial charge in [-0.15, -0.1) is 0 Å². The van der Waals surface area contributed by atoms with E-state index in [1.165, 1.54) is 11.9 Å². The lowest BCUT2D eigenvalue weighted by atomic mass is 10.1. The van der Waals surface area contributed by atoms with Gasteiger partial charge in [0.1, 0.15) is 23.2 Å². The van der Waals surface area contributed by atoms with E-state index in [2.05, 4.69) is 15.7 Å². The number of halogens is 2. The van der Waals surface area contributed by atoms with Crippen LogP contribution in [0, 0.1) is 0 Å². The minimum absolute atomic E-state index is 0.142. The van der Waals surface area contributed by atoms with E-state index in [0.717, 1.165) is 5.56 Å². The molecule has 168 valence electrons. The molecule has 1 amide bonds. The third kappa shape index (κ3) is 7.98. The number of nitrogens with one attached hydrogen (secondary N) is 2. The Bertz CT molecular complexity index is 704.